The van der Waals surface area contributed by atoms with Crippen molar-refractivity contribution < 1.29 is 4.79 Å². The molecule has 1 aromatic heterocycles. The second-order valence-corrected chi connectivity index (χ2v) is 6.17. The minimum absolute atomic E-state index is 0.284. The number of hydrogen-bond donors (Lipinski definition) is 1. The number of nitrogens with zero attached hydrogens (tertiary/aromatic N) is 1. The minimum atomic E-state index is -1.07. The molecule has 21 heavy (non-hydrogen) atoms. The zero-order chi connectivity index (χ0) is 15.6. The summed E-state index contributed by atoms with van der Waals surface area (Å²) in [7, 11) is 0. The maximum Gasteiger partial charge on any atom is 0.196 e. The van der Waals surface area contributed by atoms with E-state index in [1.54, 1.807) is 6.07 Å². The smallest absolute Gasteiger partial charge is 0.196 e. The average molecular weight is 325 g/mol. The summed E-state index contributed by atoms with van der Waals surface area (Å²) in [5, 5.41) is 1.78. The van der Waals surface area contributed by atoms with Gasteiger partial charge in [-0.2, -0.15) is 0 Å². The number of aromatic nitrogens is 1. The predicted molar refractivity (Wildman–Crippen MR) is 88.2 cm³/mol. The van der Waals surface area contributed by atoms with E-state index in [9.17, 15) is 4.79 Å². The lowest BCUT2D eigenvalue weighted by Crippen LogP contribution is -2.11. The Balaban J connectivity index is 2.77. The molecule has 0 fully saturated rings. The number of nitrogens with two attached hydrogens (primary N) is 1. The molecule has 1 aromatic carbocycles. The van der Waals surface area contributed by atoms with Gasteiger partial charge in [0.05, 0.1) is 11.4 Å². The van der Waals surface area contributed by atoms with Gasteiger partial charge < -0.3 is 5.73 Å². The van der Waals surface area contributed by atoms with E-state index in [0.29, 0.717) is 12.1 Å². The van der Waals surface area contributed by atoms with Gasteiger partial charge >= 0.3 is 0 Å². The molecule has 0 spiro atoms. The maximum atomic E-state index is 12.2. The lowest BCUT2D eigenvalue weighted by molar-refractivity contribution is 0.101. The van der Waals surface area contributed by atoms with Gasteiger partial charge in [0.1, 0.15) is 0 Å². The van der Waals surface area contributed by atoms with Crippen molar-refractivity contribution in [1.29, 1.82) is 0 Å². The number of carbonyl (C=O) groups excluding carboxylic acids is 1. The molecular formula is C16H18Cl2N2O. The number of fused-ring (bicyclic) bond motifs is 1. The summed E-state index contributed by atoms with van der Waals surface area (Å²) in [4.78, 5) is 15.8. The Labute approximate surface area is 134 Å². The lowest BCUT2D eigenvalue weighted by atomic mass is 9.94. The van der Waals surface area contributed by atoms with E-state index < -0.39 is 4.84 Å². The topological polar surface area (TPSA) is 56.0 Å². The van der Waals surface area contributed by atoms with Gasteiger partial charge in [-0.25, -0.2) is 0 Å². The molecule has 2 aromatic rings. The first-order valence-electron chi connectivity index (χ1n) is 6.94. The highest BCUT2D eigenvalue weighted by Gasteiger charge is 2.20. The van der Waals surface area contributed by atoms with Crippen LogP contribution in [-0.2, 0) is 6.54 Å². The molecule has 0 radical (unpaired) electrons. The van der Waals surface area contributed by atoms with Crippen molar-refractivity contribution in [2.24, 2.45) is 5.73 Å². The van der Waals surface area contributed by atoms with Crippen molar-refractivity contribution in [3.05, 3.63) is 41.2 Å². The number of halogens is 2. The summed E-state index contributed by atoms with van der Waals surface area (Å²) in [6, 6.07) is 7.40. The fourth-order valence-corrected chi connectivity index (χ4v) is 2.60. The highest BCUT2D eigenvalue weighted by molar-refractivity contribution is 6.55. The highest BCUT2D eigenvalue weighted by atomic mass is 35.5. The SMILES string of the molecule is CCC(C)c1nc(CN)cc2c(C(=O)C(Cl)Cl)cccc12. The van der Waals surface area contributed by atoms with Crippen LogP contribution in [0.2, 0.25) is 0 Å². The summed E-state index contributed by atoms with van der Waals surface area (Å²) >= 11 is 11.5. The Morgan fingerprint density at radius 2 is 2.05 bits per heavy atom. The number of benzene rings is 1. The van der Waals surface area contributed by atoms with Gasteiger partial charge in [0.15, 0.2) is 10.6 Å². The van der Waals surface area contributed by atoms with Crippen molar-refractivity contribution in [3.8, 4) is 0 Å². The van der Waals surface area contributed by atoms with Crippen LogP contribution in [0.1, 0.15) is 47.9 Å². The Morgan fingerprint density at radius 3 is 2.62 bits per heavy atom. The molecule has 0 saturated carbocycles. The molecule has 0 aliphatic rings. The van der Waals surface area contributed by atoms with E-state index >= 15 is 0 Å². The molecule has 0 aliphatic heterocycles. The van der Waals surface area contributed by atoms with Crippen molar-refractivity contribution in [1.82, 2.24) is 4.98 Å². The molecule has 2 rings (SSSR count). The quantitative estimate of drug-likeness (QED) is 0.662. The van der Waals surface area contributed by atoms with Gasteiger partial charge in [-0.15, -0.1) is 0 Å². The van der Waals surface area contributed by atoms with Gasteiger partial charge in [-0.3, -0.25) is 9.78 Å². The second kappa shape index (κ2) is 6.73. The van der Waals surface area contributed by atoms with Gasteiger partial charge in [-0.05, 0) is 23.8 Å². The first-order chi connectivity index (χ1) is 9.99. The van der Waals surface area contributed by atoms with E-state index in [1.807, 2.05) is 18.2 Å². The third kappa shape index (κ3) is 3.20. The summed E-state index contributed by atoms with van der Waals surface area (Å²) < 4.78 is 0. The van der Waals surface area contributed by atoms with Crippen LogP contribution in [0.4, 0.5) is 0 Å². The molecule has 0 amide bonds. The normalized spacial score (nSPS) is 12.9. The van der Waals surface area contributed by atoms with E-state index in [0.717, 1.165) is 28.6 Å². The third-order valence-corrected chi connectivity index (χ3v) is 4.11. The number of rotatable bonds is 5. The Hall–Kier alpha value is -1.16. The lowest BCUT2D eigenvalue weighted by Gasteiger charge is -2.15. The Bertz CT molecular complexity index is 671. The molecule has 1 heterocycles. The fraction of sp³-hybridized carbons (Fsp3) is 0.375. The van der Waals surface area contributed by atoms with Crippen LogP contribution in [0.3, 0.4) is 0 Å². The third-order valence-electron chi connectivity index (χ3n) is 3.71. The van der Waals surface area contributed by atoms with Crippen molar-refractivity contribution in [2.75, 3.05) is 0 Å². The van der Waals surface area contributed by atoms with E-state index in [4.69, 9.17) is 28.9 Å². The number of hydrogen-bond acceptors (Lipinski definition) is 3. The monoisotopic (exact) mass is 324 g/mol. The molecular weight excluding hydrogens is 307 g/mol. The Kier molecular flexibility index (Phi) is 5.20. The summed E-state index contributed by atoms with van der Waals surface area (Å²) in [5.74, 6) is -0.0136. The molecule has 0 bridgehead atoms. The number of ketones is 1. The summed E-state index contributed by atoms with van der Waals surface area (Å²) in [5.41, 5.74) is 7.98. The largest absolute Gasteiger partial charge is 0.325 e. The van der Waals surface area contributed by atoms with Gasteiger partial charge in [0.25, 0.3) is 0 Å². The number of alkyl halides is 2. The molecule has 2 N–H and O–H groups in total. The minimum Gasteiger partial charge on any atom is -0.325 e. The first kappa shape index (κ1) is 16.2. The summed E-state index contributed by atoms with van der Waals surface area (Å²) in [6.45, 7) is 4.55. The fourth-order valence-electron chi connectivity index (χ4n) is 2.36. The zero-order valence-corrected chi connectivity index (χ0v) is 13.6. The van der Waals surface area contributed by atoms with Crippen molar-refractivity contribution in [3.63, 3.8) is 0 Å². The molecule has 0 aliphatic carbocycles. The van der Waals surface area contributed by atoms with Crippen LogP contribution in [0, 0.1) is 0 Å². The van der Waals surface area contributed by atoms with Crippen LogP contribution in [-0.4, -0.2) is 15.6 Å². The number of pyridine rings is 1. The molecule has 112 valence electrons. The molecule has 1 atom stereocenters. The molecule has 5 heteroatoms. The van der Waals surface area contributed by atoms with Crippen molar-refractivity contribution in [2.45, 2.75) is 37.6 Å². The van der Waals surface area contributed by atoms with E-state index in [-0.39, 0.29) is 11.7 Å². The van der Waals surface area contributed by atoms with Crippen molar-refractivity contribution >= 4 is 39.8 Å². The van der Waals surface area contributed by atoms with Crippen LogP contribution in [0.15, 0.2) is 24.3 Å². The van der Waals surface area contributed by atoms with Gasteiger partial charge in [0, 0.05) is 17.5 Å². The molecule has 0 saturated heterocycles. The summed E-state index contributed by atoms with van der Waals surface area (Å²) in [6.07, 6.45) is 0.960. The second-order valence-electron chi connectivity index (χ2n) is 5.08. The number of carbonyl (C=O) groups is 1. The van der Waals surface area contributed by atoms with E-state index in [2.05, 4.69) is 18.8 Å². The van der Waals surface area contributed by atoms with Crippen LogP contribution < -0.4 is 5.73 Å². The van der Waals surface area contributed by atoms with Gasteiger partial charge in [0.2, 0.25) is 0 Å². The molecule has 3 nitrogen and oxygen atoms in total. The van der Waals surface area contributed by atoms with E-state index in [1.165, 1.54) is 0 Å². The first-order valence-corrected chi connectivity index (χ1v) is 7.81. The van der Waals surface area contributed by atoms with Gasteiger partial charge in [-0.1, -0.05) is 55.2 Å². The standard InChI is InChI=1S/C16H18Cl2N2O/c1-3-9(2)14-11-5-4-6-12(15(21)16(17)18)13(11)7-10(8-19)20-14/h4-7,9,16H,3,8,19H2,1-2H3. The maximum absolute atomic E-state index is 12.2. The highest BCUT2D eigenvalue weighted by Crippen LogP contribution is 2.30. The average Bonchev–Trinajstić information content (AvgIpc) is 2.51. The Morgan fingerprint density at radius 1 is 1.33 bits per heavy atom. The predicted octanol–water partition coefficient (Wildman–Crippen LogP) is 4.19. The van der Waals surface area contributed by atoms with Crippen LogP contribution in [0.5, 0.6) is 0 Å². The van der Waals surface area contributed by atoms with Crippen LogP contribution in [0.25, 0.3) is 10.8 Å². The number of Topliss-reactive ketones (excluding diaryl/α,β-unsaturated/α-hetero) is 1. The zero-order valence-electron chi connectivity index (χ0n) is 12.1. The molecule has 1 unspecified atom stereocenters. The van der Waals surface area contributed by atoms with Crippen LogP contribution >= 0.6 is 23.2 Å².